The van der Waals surface area contributed by atoms with Crippen LogP contribution in [0.25, 0.3) is 33.0 Å². The summed E-state index contributed by atoms with van der Waals surface area (Å²) in [5.74, 6) is 0.563. The summed E-state index contributed by atoms with van der Waals surface area (Å²) in [5.41, 5.74) is 5.09. The number of hydrogen-bond donors (Lipinski definition) is 0. The highest BCUT2D eigenvalue weighted by Gasteiger charge is 2.14. The van der Waals surface area contributed by atoms with E-state index < -0.39 is 0 Å². The van der Waals surface area contributed by atoms with E-state index in [1.165, 1.54) is 11.8 Å². The molecule has 0 aliphatic carbocycles. The van der Waals surface area contributed by atoms with Crippen LogP contribution in [-0.2, 0) is 18.7 Å². The summed E-state index contributed by atoms with van der Waals surface area (Å²) in [4.78, 5) is 16.8. The molecule has 0 unspecified atom stereocenters. The lowest BCUT2D eigenvalue weighted by molar-refractivity contribution is 0.559. The Labute approximate surface area is 176 Å². The predicted octanol–water partition coefficient (Wildman–Crippen LogP) is 4.96. The molecule has 0 fully saturated rings. The standard InChI is InChI=1S/C23H20N4O2S/c1-3-14-9-10-16-15(12-20(28)29-19(16)11-14)13-30-23-24-22-21(25-26-23)17-7-5-6-8-18(17)27(22)4-2/h5-12H,3-4,13H2,1-2H3. The van der Waals surface area contributed by atoms with Crippen molar-refractivity contribution >= 4 is 44.8 Å². The summed E-state index contributed by atoms with van der Waals surface area (Å²) >= 11 is 1.47. The van der Waals surface area contributed by atoms with Crippen molar-refractivity contribution in [1.29, 1.82) is 0 Å². The number of para-hydroxylation sites is 1. The van der Waals surface area contributed by atoms with E-state index in [-0.39, 0.29) is 5.63 Å². The third-order valence-electron chi connectivity index (χ3n) is 5.33. The molecule has 150 valence electrons. The van der Waals surface area contributed by atoms with Crippen LogP contribution >= 0.6 is 11.8 Å². The molecular formula is C23H20N4O2S. The van der Waals surface area contributed by atoms with Gasteiger partial charge in [0.15, 0.2) is 5.65 Å². The molecule has 0 aliphatic heterocycles. The van der Waals surface area contributed by atoms with Gasteiger partial charge < -0.3 is 8.98 Å². The average Bonchev–Trinajstić information content (AvgIpc) is 3.09. The summed E-state index contributed by atoms with van der Waals surface area (Å²) in [6.07, 6.45) is 0.892. The number of hydrogen-bond acceptors (Lipinski definition) is 6. The van der Waals surface area contributed by atoms with Crippen LogP contribution in [0.4, 0.5) is 0 Å². The molecule has 0 spiro atoms. The Balaban J connectivity index is 1.52. The first-order chi connectivity index (χ1) is 14.7. The molecule has 2 aromatic carbocycles. The second kappa shape index (κ2) is 7.57. The normalized spacial score (nSPS) is 11.7. The maximum atomic E-state index is 12.1. The Kier molecular flexibility index (Phi) is 4.75. The van der Waals surface area contributed by atoms with Gasteiger partial charge in [-0.2, -0.15) is 0 Å². The fraction of sp³-hybridized carbons (Fsp3) is 0.217. The average molecular weight is 417 g/mol. The smallest absolute Gasteiger partial charge is 0.336 e. The third kappa shape index (κ3) is 3.15. The summed E-state index contributed by atoms with van der Waals surface area (Å²) in [6, 6.07) is 15.7. The molecular weight excluding hydrogens is 396 g/mol. The van der Waals surface area contributed by atoms with Crippen LogP contribution in [0, 0.1) is 0 Å². The highest BCUT2D eigenvalue weighted by Crippen LogP contribution is 2.29. The lowest BCUT2D eigenvalue weighted by Gasteiger charge is -2.06. The van der Waals surface area contributed by atoms with Crippen LogP contribution in [0.5, 0.6) is 0 Å². The molecule has 3 heterocycles. The van der Waals surface area contributed by atoms with Gasteiger partial charge in [0.1, 0.15) is 11.1 Å². The van der Waals surface area contributed by atoms with Gasteiger partial charge in [0.25, 0.3) is 0 Å². The molecule has 7 heteroatoms. The molecule has 0 saturated heterocycles. The molecule has 0 saturated carbocycles. The second-order valence-corrected chi connectivity index (χ2v) is 8.03. The van der Waals surface area contributed by atoms with Crippen LogP contribution in [0.1, 0.15) is 25.0 Å². The van der Waals surface area contributed by atoms with E-state index in [9.17, 15) is 4.79 Å². The predicted molar refractivity (Wildman–Crippen MR) is 120 cm³/mol. The monoisotopic (exact) mass is 416 g/mol. The van der Waals surface area contributed by atoms with E-state index in [0.717, 1.165) is 51.5 Å². The maximum Gasteiger partial charge on any atom is 0.336 e. The molecule has 5 rings (SSSR count). The van der Waals surface area contributed by atoms with Crippen molar-refractivity contribution in [3.8, 4) is 0 Å². The first kappa shape index (κ1) is 18.8. The highest BCUT2D eigenvalue weighted by atomic mass is 32.2. The first-order valence-electron chi connectivity index (χ1n) is 9.98. The fourth-order valence-electron chi connectivity index (χ4n) is 3.83. The molecule has 0 atom stereocenters. The summed E-state index contributed by atoms with van der Waals surface area (Å²) in [6.45, 7) is 4.98. The van der Waals surface area contributed by atoms with Gasteiger partial charge in [-0.1, -0.05) is 49.0 Å². The van der Waals surface area contributed by atoms with Gasteiger partial charge in [-0.15, -0.1) is 10.2 Å². The molecule has 0 radical (unpaired) electrons. The summed E-state index contributed by atoms with van der Waals surface area (Å²) < 4.78 is 7.56. The van der Waals surface area contributed by atoms with Crippen LogP contribution in [-0.4, -0.2) is 19.7 Å². The van der Waals surface area contributed by atoms with E-state index >= 15 is 0 Å². The van der Waals surface area contributed by atoms with Crippen LogP contribution < -0.4 is 5.63 Å². The molecule has 6 nitrogen and oxygen atoms in total. The van der Waals surface area contributed by atoms with Gasteiger partial charge in [-0.3, -0.25) is 0 Å². The number of fused-ring (bicyclic) bond motifs is 4. The van der Waals surface area contributed by atoms with Gasteiger partial charge in [-0.25, -0.2) is 9.78 Å². The Morgan fingerprint density at radius 3 is 2.73 bits per heavy atom. The molecule has 0 amide bonds. The van der Waals surface area contributed by atoms with Gasteiger partial charge in [0, 0.05) is 29.1 Å². The topological polar surface area (TPSA) is 73.8 Å². The Morgan fingerprint density at radius 2 is 1.90 bits per heavy atom. The van der Waals surface area contributed by atoms with Crippen molar-refractivity contribution in [2.24, 2.45) is 0 Å². The van der Waals surface area contributed by atoms with Crippen LogP contribution in [0.2, 0.25) is 0 Å². The number of thioether (sulfide) groups is 1. The molecule has 30 heavy (non-hydrogen) atoms. The summed E-state index contributed by atoms with van der Waals surface area (Å²) in [5, 5.41) is 11.4. The van der Waals surface area contributed by atoms with Crippen LogP contribution in [0.3, 0.4) is 0 Å². The van der Waals surface area contributed by atoms with E-state index in [4.69, 9.17) is 9.40 Å². The largest absolute Gasteiger partial charge is 0.423 e. The van der Waals surface area contributed by atoms with Crippen molar-refractivity contribution in [2.75, 3.05) is 0 Å². The molecule has 0 aliphatic rings. The zero-order valence-electron chi connectivity index (χ0n) is 16.8. The molecule has 0 N–H and O–H groups in total. The Hall–Kier alpha value is -3.19. The molecule has 5 aromatic rings. The first-order valence-corrected chi connectivity index (χ1v) is 11.0. The van der Waals surface area contributed by atoms with E-state index in [1.807, 2.05) is 30.3 Å². The third-order valence-corrected chi connectivity index (χ3v) is 6.22. The number of rotatable bonds is 5. The lowest BCUT2D eigenvalue weighted by atomic mass is 10.1. The summed E-state index contributed by atoms with van der Waals surface area (Å²) in [7, 11) is 0. The zero-order chi connectivity index (χ0) is 20.7. The Bertz CT molecular complexity index is 1450. The quantitative estimate of drug-likeness (QED) is 0.298. The highest BCUT2D eigenvalue weighted by molar-refractivity contribution is 7.98. The minimum atomic E-state index is -0.341. The SMILES string of the molecule is CCc1ccc2c(CSc3nnc4c5ccccc5n(CC)c4n3)cc(=O)oc2c1. The molecule has 3 aromatic heterocycles. The minimum absolute atomic E-state index is 0.341. The lowest BCUT2D eigenvalue weighted by Crippen LogP contribution is -2.01. The van der Waals surface area contributed by atoms with Crippen molar-refractivity contribution in [1.82, 2.24) is 19.7 Å². The minimum Gasteiger partial charge on any atom is -0.423 e. The zero-order valence-corrected chi connectivity index (χ0v) is 17.6. The van der Waals surface area contributed by atoms with E-state index in [2.05, 4.69) is 40.7 Å². The van der Waals surface area contributed by atoms with E-state index in [1.54, 1.807) is 6.07 Å². The maximum absolute atomic E-state index is 12.1. The van der Waals surface area contributed by atoms with Crippen molar-refractivity contribution in [3.05, 3.63) is 70.1 Å². The number of aromatic nitrogens is 4. The van der Waals surface area contributed by atoms with Crippen molar-refractivity contribution in [2.45, 2.75) is 37.7 Å². The number of benzene rings is 2. The van der Waals surface area contributed by atoms with Gasteiger partial charge in [0.2, 0.25) is 5.16 Å². The van der Waals surface area contributed by atoms with E-state index in [0.29, 0.717) is 16.5 Å². The fourth-order valence-corrected chi connectivity index (χ4v) is 4.60. The molecule has 0 bridgehead atoms. The van der Waals surface area contributed by atoms with Gasteiger partial charge in [-0.05, 0) is 36.6 Å². The number of aryl methyl sites for hydroxylation is 2. The van der Waals surface area contributed by atoms with Gasteiger partial charge in [0.05, 0.1) is 5.52 Å². The second-order valence-electron chi connectivity index (χ2n) is 7.09. The van der Waals surface area contributed by atoms with Crippen molar-refractivity contribution < 1.29 is 4.42 Å². The van der Waals surface area contributed by atoms with Crippen molar-refractivity contribution in [3.63, 3.8) is 0 Å². The van der Waals surface area contributed by atoms with Gasteiger partial charge >= 0.3 is 5.63 Å². The van der Waals surface area contributed by atoms with Crippen LogP contribution in [0.15, 0.2) is 62.9 Å². The number of nitrogens with zero attached hydrogens (tertiary/aromatic N) is 4. The Morgan fingerprint density at radius 1 is 1.03 bits per heavy atom.